The molecule has 0 saturated heterocycles. The van der Waals surface area contributed by atoms with Crippen LogP contribution in [0.1, 0.15) is 37.2 Å². The monoisotopic (exact) mass is 300 g/mol. The van der Waals surface area contributed by atoms with E-state index in [0.29, 0.717) is 23.0 Å². The second-order valence-corrected chi connectivity index (χ2v) is 5.04. The molecular formula is C16H16N2O4. The fraction of sp³-hybridized carbons (Fsp3) is 0.312. The molecule has 0 bridgehead atoms. The van der Waals surface area contributed by atoms with E-state index >= 15 is 0 Å². The summed E-state index contributed by atoms with van der Waals surface area (Å²) < 4.78 is 16.1. The van der Waals surface area contributed by atoms with Crippen LogP contribution >= 0.6 is 0 Å². The molecule has 0 aliphatic rings. The van der Waals surface area contributed by atoms with Gasteiger partial charge in [0.05, 0.1) is 0 Å². The Morgan fingerprint density at radius 2 is 2.14 bits per heavy atom. The number of hydrogen-bond acceptors (Lipinski definition) is 6. The molecule has 3 rings (SSSR count). The van der Waals surface area contributed by atoms with Crippen molar-refractivity contribution in [1.29, 1.82) is 0 Å². The van der Waals surface area contributed by atoms with E-state index < -0.39 is 0 Å². The molecule has 0 aliphatic carbocycles. The molecule has 1 aromatic carbocycles. The van der Waals surface area contributed by atoms with Gasteiger partial charge in [-0.25, -0.2) is 4.79 Å². The second kappa shape index (κ2) is 5.63. The van der Waals surface area contributed by atoms with Crippen LogP contribution in [-0.4, -0.2) is 10.1 Å². The van der Waals surface area contributed by atoms with Crippen LogP contribution in [0.5, 0.6) is 5.75 Å². The Labute approximate surface area is 126 Å². The molecule has 1 atom stereocenters. The number of fused-ring (bicyclic) bond motifs is 1. The molecule has 0 spiro atoms. The van der Waals surface area contributed by atoms with Crippen molar-refractivity contribution in [2.75, 3.05) is 0 Å². The first kappa shape index (κ1) is 14.3. The predicted octanol–water partition coefficient (Wildman–Crippen LogP) is 3.19. The summed E-state index contributed by atoms with van der Waals surface area (Å²) in [7, 11) is 0. The van der Waals surface area contributed by atoms with Crippen LogP contribution in [0.4, 0.5) is 0 Å². The summed E-state index contributed by atoms with van der Waals surface area (Å²) in [5.74, 6) is 1.54. The molecule has 0 unspecified atom stereocenters. The number of hydrogen-bond donors (Lipinski definition) is 0. The predicted molar refractivity (Wildman–Crippen MR) is 79.9 cm³/mol. The molecule has 22 heavy (non-hydrogen) atoms. The first-order valence-corrected chi connectivity index (χ1v) is 7.10. The Bertz CT molecular complexity index is 866. The topological polar surface area (TPSA) is 78.4 Å². The van der Waals surface area contributed by atoms with Crippen LogP contribution in [0, 0.1) is 6.92 Å². The summed E-state index contributed by atoms with van der Waals surface area (Å²) in [4.78, 5) is 15.7. The van der Waals surface area contributed by atoms with Crippen LogP contribution in [0.3, 0.4) is 0 Å². The van der Waals surface area contributed by atoms with Crippen LogP contribution in [-0.2, 0) is 6.42 Å². The van der Waals surface area contributed by atoms with E-state index in [9.17, 15) is 4.79 Å². The molecule has 0 amide bonds. The number of benzene rings is 1. The Morgan fingerprint density at radius 1 is 1.32 bits per heavy atom. The highest BCUT2D eigenvalue weighted by Crippen LogP contribution is 2.26. The van der Waals surface area contributed by atoms with Gasteiger partial charge in [-0.2, -0.15) is 4.98 Å². The van der Waals surface area contributed by atoms with Gasteiger partial charge in [0.2, 0.25) is 0 Å². The smallest absolute Gasteiger partial charge is 0.336 e. The second-order valence-electron chi connectivity index (χ2n) is 5.04. The summed E-state index contributed by atoms with van der Waals surface area (Å²) >= 11 is 0. The zero-order valence-electron chi connectivity index (χ0n) is 12.6. The quantitative estimate of drug-likeness (QED) is 0.688. The number of rotatable bonds is 4. The van der Waals surface area contributed by atoms with Crippen molar-refractivity contribution in [2.24, 2.45) is 0 Å². The Balaban J connectivity index is 1.93. The van der Waals surface area contributed by atoms with Crippen molar-refractivity contribution in [1.82, 2.24) is 10.1 Å². The highest BCUT2D eigenvalue weighted by atomic mass is 16.5. The minimum absolute atomic E-state index is 0.359. The third-order valence-electron chi connectivity index (χ3n) is 3.39. The summed E-state index contributed by atoms with van der Waals surface area (Å²) in [5.41, 5.74) is 1.11. The van der Waals surface area contributed by atoms with E-state index in [-0.39, 0.29) is 11.7 Å². The fourth-order valence-corrected chi connectivity index (χ4v) is 2.31. The number of aromatic nitrogens is 2. The van der Waals surface area contributed by atoms with Crippen LogP contribution in [0.2, 0.25) is 0 Å². The Morgan fingerprint density at radius 3 is 2.82 bits per heavy atom. The van der Waals surface area contributed by atoms with E-state index in [1.165, 1.54) is 6.07 Å². The third kappa shape index (κ3) is 2.72. The zero-order valence-corrected chi connectivity index (χ0v) is 12.6. The van der Waals surface area contributed by atoms with Gasteiger partial charge in [-0.3, -0.25) is 0 Å². The lowest BCUT2D eigenvalue weighted by Crippen LogP contribution is -2.04. The van der Waals surface area contributed by atoms with Crippen molar-refractivity contribution in [3.05, 3.63) is 52.0 Å². The van der Waals surface area contributed by atoms with Crippen molar-refractivity contribution < 1.29 is 13.7 Å². The molecule has 2 heterocycles. The van der Waals surface area contributed by atoms with E-state index in [2.05, 4.69) is 10.1 Å². The van der Waals surface area contributed by atoms with E-state index in [4.69, 9.17) is 13.7 Å². The van der Waals surface area contributed by atoms with Crippen LogP contribution in [0.15, 0.2) is 38.0 Å². The van der Waals surface area contributed by atoms with Gasteiger partial charge in [-0.15, -0.1) is 0 Å². The van der Waals surface area contributed by atoms with E-state index in [1.54, 1.807) is 13.0 Å². The maximum Gasteiger partial charge on any atom is 0.336 e. The Kier molecular flexibility index (Phi) is 3.66. The summed E-state index contributed by atoms with van der Waals surface area (Å²) in [6, 6.07) is 6.95. The van der Waals surface area contributed by atoms with Gasteiger partial charge in [0.15, 0.2) is 11.9 Å². The highest BCUT2D eigenvalue weighted by Gasteiger charge is 2.15. The first-order valence-electron chi connectivity index (χ1n) is 7.10. The standard InChI is InChI=1S/C16H16N2O4/c1-4-11-7-15(19)21-14-8-12(5-6-13(11)14)20-9(2)16-17-10(3)18-22-16/h5-9H,4H2,1-3H3/t9-/m0/s1. The molecule has 0 N–H and O–H groups in total. The maximum atomic E-state index is 11.6. The average molecular weight is 300 g/mol. The Hall–Kier alpha value is -2.63. The summed E-state index contributed by atoms with van der Waals surface area (Å²) in [6.45, 7) is 5.56. The third-order valence-corrected chi connectivity index (χ3v) is 3.39. The molecule has 0 aliphatic heterocycles. The van der Waals surface area contributed by atoms with E-state index in [0.717, 1.165) is 17.4 Å². The fourth-order valence-electron chi connectivity index (χ4n) is 2.31. The normalized spacial score (nSPS) is 12.5. The molecule has 6 heteroatoms. The number of nitrogens with zero attached hydrogens (tertiary/aromatic N) is 2. The van der Waals surface area contributed by atoms with Gasteiger partial charge in [-0.1, -0.05) is 12.1 Å². The van der Waals surface area contributed by atoms with Gasteiger partial charge in [0.25, 0.3) is 5.89 Å². The molecule has 6 nitrogen and oxygen atoms in total. The molecule has 2 aromatic heterocycles. The summed E-state index contributed by atoms with van der Waals surface area (Å²) in [5, 5.41) is 4.65. The van der Waals surface area contributed by atoms with Gasteiger partial charge < -0.3 is 13.7 Å². The largest absolute Gasteiger partial charge is 0.481 e. The molecule has 3 aromatic rings. The van der Waals surface area contributed by atoms with Crippen molar-refractivity contribution in [2.45, 2.75) is 33.3 Å². The minimum atomic E-state index is -0.389. The van der Waals surface area contributed by atoms with Crippen molar-refractivity contribution >= 4 is 11.0 Å². The average Bonchev–Trinajstić information content (AvgIpc) is 2.92. The minimum Gasteiger partial charge on any atom is -0.481 e. The van der Waals surface area contributed by atoms with Crippen LogP contribution < -0.4 is 10.4 Å². The van der Waals surface area contributed by atoms with Gasteiger partial charge >= 0.3 is 5.63 Å². The lowest BCUT2D eigenvalue weighted by atomic mass is 10.1. The lowest BCUT2D eigenvalue weighted by Gasteiger charge is -2.11. The van der Waals surface area contributed by atoms with Crippen molar-refractivity contribution in [3.63, 3.8) is 0 Å². The van der Waals surface area contributed by atoms with Gasteiger partial charge in [0.1, 0.15) is 11.3 Å². The molecule has 114 valence electrons. The van der Waals surface area contributed by atoms with Crippen LogP contribution in [0.25, 0.3) is 11.0 Å². The highest BCUT2D eigenvalue weighted by molar-refractivity contribution is 5.81. The van der Waals surface area contributed by atoms with Crippen molar-refractivity contribution in [3.8, 4) is 5.75 Å². The number of aryl methyl sites for hydroxylation is 2. The molecule has 0 saturated carbocycles. The lowest BCUT2D eigenvalue weighted by molar-refractivity contribution is 0.175. The van der Waals surface area contributed by atoms with Gasteiger partial charge in [0, 0.05) is 17.5 Å². The van der Waals surface area contributed by atoms with Gasteiger partial charge in [-0.05, 0) is 38.0 Å². The zero-order chi connectivity index (χ0) is 15.7. The summed E-state index contributed by atoms with van der Waals surface area (Å²) in [6.07, 6.45) is 0.375. The maximum absolute atomic E-state index is 11.6. The number of ether oxygens (including phenoxy) is 1. The molecule has 0 fully saturated rings. The first-order chi connectivity index (χ1) is 10.6. The van der Waals surface area contributed by atoms with E-state index in [1.807, 2.05) is 26.0 Å². The molecular weight excluding hydrogens is 284 g/mol. The molecule has 0 radical (unpaired) electrons. The SMILES string of the molecule is CCc1cc(=O)oc2cc(O[C@@H](C)c3nc(C)no3)ccc12.